The predicted molar refractivity (Wildman–Crippen MR) is 92.1 cm³/mol. The van der Waals surface area contributed by atoms with Crippen LogP contribution in [0.5, 0.6) is 11.5 Å². The molecule has 2 aromatic carbocycles. The lowest BCUT2D eigenvalue weighted by Crippen LogP contribution is -2.20. The van der Waals surface area contributed by atoms with Gasteiger partial charge in [-0.3, -0.25) is 4.79 Å². The maximum atomic E-state index is 12.0. The zero-order valence-electron chi connectivity index (χ0n) is 13.6. The van der Waals surface area contributed by atoms with Crippen molar-refractivity contribution in [2.24, 2.45) is 0 Å². The smallest absolute Gasteiger partial charge is 0.262 e. The highest BCUT2D eigenvalue weighted by Crippen LogP contribution is 2.26. The minimum absolute atomic E-state index is 0.105. The molecule has 0 atom stereocenters. The van der Waals surface area contributed by atoms with Crippen LogP contribution in [0.1, 0.15) is 18.9 Å². The Balaban J connectivity index is 1.88. The molecule has 0 bridgehead atoms. The first-order valence-corrected chi connectivity index (χ1v) is 7.83. The number of para-hydroxylation sites is 2. The molecule has 0 saturated carbocycles. The molecule has 124 valence electrons. The average molecular weight is 324 g/mol. The van der Waals surface area contributed by atoms with Crippen molar-refractivity contribution in [1.82, 2.24) is 0 Å². The van der Waals surface area contributed by atoms with E-state index in [4.69, 9.17) is 14.7 Å². The molecule has 0 aliphatic rings. The van der Waals surface area contributed by atoms with E-state index in [-0.39, 0.29) is 12.5 Å². The quantitative estimate of drug-likeness (QED) is 0.806. The van der Waals surface area contributed by atoms with Crippen LogP contribution in [0.3, 0.4) is 0 Å². The Kier molecular flexibility index (Phi) is 6.66. The summed E-state index contributed by atoms with van der Waals surface area (Å²) in [5, 5.41) is 11.4. The van der Waals surface area contributed by atoms with Crippen LogP contribution < -0.4 is 14.8 Å². The van der Waals surface area contributed by atoms with Crippen molar-refractivity contribution in [2.45, 2.75) is 19.8 Å². The van der Waals surface area contributed by atoms with Gasteiger partial charge in [-0.1, -0.05) is 31.2 Å². The van der Waals surface area contributed by atoms with Gasteiger partial charge in [0.15, 0.2) is 18.1 Å². The number of nitrogens with zero attached hydrogens (tertiary/aromatic N) is 1. The summed E-state index contributed by atoms with van der Waals surface area (Å²) < 4.78 is 11.1. The SMILES string of the molecule is CCCOc1ccccc1OCC(=O)Nc1ccc(CC#N)cc1. The number of carbonyl (C=O) groups excluding carboxylic acids is 1. The van der Waals surface area contributed by atoms with Crippen molar-refractivity contribution >= 4 is 11.6 Å². The Hall–Kier alpha value is -3.00. The number of hydrogen-bond acceptors (Lipinski definition) is 4. The van der Waals surface area contributed by atoms with Gasteiger partial charge in [0.2, 0.25) is 0 Å². The second-order valence-electron chi connectivity index (χ2n) is 5.16. The third-order valence-corrected chi connectivity index (χ3v) is 3.19. The van der Waals surface area contributed by atoms with Gasteiger partial charge in [0, 0.05) is 5.69 Å². The lowest BCUT2D eigenvalue weighted by Gasteiger charge is -2.12. The number of nitriles is 1. The first-order chi connectivity index (χ1) is 11.7. The normalized spacial score (nSPS) is 9.83. The van der Waals surface area contributed by atoms with Gasteiger partial charge < -0.3 is 14.8 Å². The van der Waals surface area contributed by atoms with Crippen molar-refractivity contribution in [3.8, 4) is 17.6 Å². The monoisotopic (exact) mass is 324 g/mol. The summed E-state index contributed by atoms with van der Waals surface area (Å²) in [5.74, 6) is 0.923. The first kappa shape index (κ1) is 17.4. The van der Waals surface area contributed by atoms with E-state index in [0.717, 1.165) is 12.0 Å². The molecule has 0 fully saturated rings. The average Bonchev–Trinajstić information content (AvgIpc) is 2.61. The summed E-state index contributed by atoms with van der Waals surface area (Å²) in [5.41, 5.74) is 1.58. The van der Waals surface area contributed by atoms with Gasteiger partial charge in [0.25, 0.3) is 5.91 Å². The van der Waals surface area contributed by atoms with Gasteiger partial charge in [-0.15, -0.1) is 0 Å². The molecule has 0 unspecified atom stereocenters. The van der Waals surface area contributed by atoms with Gasteiger partial charge >= 0.3 is 0 Å². The minimum Gasteiger partial charge on any atom is -0.490 e. The molecule has 0 aliphatic carbocycles. The second kappa shape index (κ2) is 9.21. The van der Waals surface area contributed by atoms with Crippen molar-refractivity contribution < 1.29 is 14.3 Å². The molecule has 1 amide bonds. The van der Waals surface area contributed by atoms with Crippen LogP contribution >= 0.6 is 0 Å². The molecule has 1 N–H and O–H groups in total. The van der Waals surface area contributed by atoms with Gasteiger partial charge in [0.1, 0.15) is 0 Å². The lowest BCUT2D eigenvalue weighted by atomic mass is 10.1. The van der Waals surface area contributed by atoms with E-state index in [0.29, 0.717) is 30.2 Å². The first-order valence-electron chi connectivity index (χ1n) is 7.83. The fourth-order valence-corrected chi connectivity index (χ4v) is 2.04. The molecular weight excluding hydrogens is 304 g/mol. The Bertz CT molecular complexity index is 705. The maximum absolute atomic E-state index is 12.0. The third kappa shape index (κ3) is 5.33. The third-order valence-electron chi connectivity index (χ3n) is 3.19. The summed E-state index contributed by atoms with van der Waals surface area (Å²) >= 11 is 0. The zero-order valence-corrected chi connectivity index (χ0v) is 13.6. The van der Waals surface area contributed by atoms with Crippen LogP contribution in [0.25, 0.3) is 0 Å². The zero-order chi connectivity index (χ0) is 17.2. The fraction of sp³-hybridized carbons (Fsp3) is 0.263. The molecule has 24 heavy (non-hydrogen) atoms. The van der Waals surface area contributed by atoms with Gasteiger partial charge in [0.05, 0.1) is 19.1 Å². The van der Waals surface area contributed by atoms with Crippen LogP contribution in [-0.2, 0) is 11.2 Å². The summed E-state index contributed by atoms with van der Waals surface area (Å²) in [7, 11) is 0. The summed E-state index contributed by atoms with van der Waals surface area (Å²) in [6.07, 6.45) is 1.25. The van der Waals surface area contributed by atoms with Crippen molar-refractivity contribution in [3.05, 3.63) is 54.1 Å². The van der Waals surface area contributed by atoms with Crippen LogP contribution in [0.15, 0.2) is 48.5 Å². The van der Waals surface area contributed by atoms with Crippen LogP contribution in [0.4, 0.5) is 5.69 Å². The molecule has 2 rings (SSSR count). The predicted octanol–water partition coefficient (Wildman–Crippen LogP) is 3.56. The summed E-state index contributed by atoms with van der Waals surface area (Å²) in [6.45, 7) is 2.52. The molecule has 0 radical (unpaired) electrons. The molecule has 2 aromatic rings. The minimum atomic E-state index is -0.256. The molecule has 0 aromatic heterocycles. The number of amides is 1. The maximum Gasteiger partial charge on any atom is 0.262 e. The van der Waals surface area contributed by atoms with Gasteiger partial charge in [-0.2, -0.15) is 5.26 Å². The second-order valence-corrected chi connectivity index (χ2v) is 5.16. The topological polar surface area (TPSA) is 71.3 Å². The van der Waals surface area contributed by atoms with E-state index in [1.165, 1.54) is 0 Å². The molecule has 5 nitrogen and oxygen atoms in total. The molecular formula is C19H20N2O3. The van der Waals surface area contributed by atoms with Gasteiger partial charge in [-0.25, -0.2) is 0 Å². The Morgan fingerprint density at radius 3 is 2.38 bits per heavy atom. The van der Waals surface area contributed by atoms with E-state index in [1.807, 2.05) is 37.3 Å². The summed E-state index contributed by atoms with van der Waals surface area (Å²) in [6, 6.07) is 16.5. The highest BCUT2D eigenvalue weighted by atomic mass is 16.5. The summed E-state index contributed by atoms with van der Waals surface area (Å²) in [4.78, 5) is 12.0. The lowest BCUT2D eigenvalue weighted by molar-refractivity contribution is -0.118. The van der Waals surface area contributed by atoms with Crippen LogP contribution in [0.2, 0.25) is 0 Å². The van der Waals surface area contributed by atoms with Crippen molar-refractivity contribution in [2.75, 3.05) is 18.5 Å². The van der Waals surface area contributed by atoms with E-state index in [2.05, 4.69) is 11.4 Å². The van der Waals surface area contributed by atoms with Crippen LogP contribution in [0, 0.1) is 11.3 Å². The number of carbonyl (C=O) groups is 1. The largest absolute Gasteiger partial charge is 0.490 e. The fourth-order valence-electron chi connectivity index (χ4n) is 2.04. The van der Waals surface area contributed by atoms with Gasteiger partial charge in [-0.05, 0) is 36.2 Å². The molecule has 0 saturated heterocycles. The molecule has 5 heteroatoms. The molecule has 0 spiro atoms. The number of rotatable bonds is 8. The standard InChI is InChI=1S/C19H20N2O3/c1-2-13-23-17-5-3-4-6-18(17)24-14-19(22)21-16-9-7-15(8-10-16)11-12-20/h3-10H,2,11,13-14H2,1H3,(H,21,22). The van der Waals surface area contributed by atoms with E-state index >= 15 is 0 Å². The Labute approximate surface area is 141 Å². The van der Waals surface area contributed by atoms with E-state index < -0.39 is 0 Å². The van der Waals surface area contributed by atoms with Crippen molar-refractivity contribution in [1.29, 1.82) is 5.26 Å². The Morgan fingerprint density at radius 1 is 1.08 bits per heavy atom. The molecule has 0 aliphatic heterocycles. The van der Waals surface area contributed by atoms with E-state index in [9.17, 15) is 4.79 Å². The molecule has 0 heterocycles. The Morgan fingerprint density at radius 2 is 1.75 bits per heavy atom. The highest BCUT2D eigenvalue weighted by molar-refractivity contribution is 5.91. The number of hydrogen-bond donors (Lipinski definition) is 1. The number of nitrogens with one attached hydrogen (secondary N) is 1. The number of ether oxygens (including phenoxy) is 2. The van der Waals surface area contributed by atoms with Crippen LogP contribution in [-0.4, -0.2) is 19.1 Å². The number of benzene rings is 2. The van der Waals surface area contributed by atoms with E-state index in [1.54, 1.807) is 18.2 Å². The highest BCUT2D eigenvalue weighted by Gasteiger charge is 2.08. The number of anilines is 1. The van der Waals surface area contributed by atoms with Crippen molar-refractivity contribution in [3.63, 3.8) is 0 Å².